The standard InChI is InChI=1S/C16H22N4O3/c21-16(19-11-7-17-8-12-19)13-5-9-18(10-6-13)14-3-1-2-4-15(14)20(22)23/h1-4,13,17H,5-12H2. The third-order valence-electron chi connectivity index (χ3n) is 4.69. The SMILES string of the molecule is O=C(C1CCN(c2ccccc2[N+](=O)[O-])CC1)N1CCNCC1. The fourth-order valence-electron chi connectivity index (χ4n) is 3.40. The van der Waals surface area contributed by atoms with Crippen LogP contribution in [-0.4, -0.2) is 55.0 Å². The molecule has 2 fully saturated rings. The molecule has 0 bridgehead atoms. The van der Waals surface area contributed by atoms with Crippen LogP contribution in [0.2, 0.25) is 0 Å². The van der Waals surface area contributed by atoms with Gasteiger partial charge < -0.3 is 15.1 Å². The first-order valence-corrected chi connectivity index (χ1v) is 8.14. The van der Waals surface area contributed by atoms with Crippen LogP contribution in [-0.2, 0) is 4.79 Å². The second kappa shape index (κ2) is 6.95. The molecule has 7 nitrogen and oxygen atoms in total. The average molecular weight is 318 g/mol. The predicted octanol–water partition coefficient (Wildman–Crippen LogP) is 1.24. The molecular weight excluding hydrogens is 296 g/mol. The van der Waals surface area contributed by atoms with E-state index in [4.69, 9.17) is 0 Å². The molecule has 1 N–H and O–H groups in total. The Balaban J connectivity index is 1.62. The summed E-state index contributed by atoms with van der Waals surface area (Å²) in [5, 5.41) is 14.4. The third-order valence-corrected chi connectivity index (χ3v) is 4.69. The summed E-state index contributed by atoms with van der Waals surface area (Å²) in [7, 11) is 0. The molecule has 2 heterocycles. The van der Waals surface area contributed by atoms with Crippen LogP contribution in [0.5, 0.6) is 0 Å². The zero-order valence-corrected chi connectivity index (χ0v) is 13.1. The smallest absolute Gasteiger partial charge is 0.292 e. The zero-order chi connectivity index (χ0) is 16.2. The summed E-state index contributed by atoms with van der Waals surface area (Å²) in [6, 6.07) is 6.83. The summed E-state index contributed by atoms with van der Waals surface area (Å²) < 4.78 is 0. The van der Waals surface area contributed by atoms with Gasteiger partial charge in [0.1, 0.15) is 5.69 Å². The van der Waals surface area contributed by atoms with Gasteiger partial charge in [-0.25, -0.2) is 0 Å². The van der Waals surface area contributed by atoms with Crippen LogP contribution < -0.4 is 10.2 Å². The molecule has 1 amide bonds. The Hall–Kier alpha value is -2.15. The second-order valence-electron chi connectivity index (χ2n) is 6.08. The number of rotatable bonds is 3. The Bertz CT molecular complexity index is 578. The van der Waals surface area contributed by atoms with Crippen LogP contribution in [0.1, 0.15) is 12.8 Å². The molecule has 2 saturated heterocycles. The molecule has 23 heavy (non-hydrogen) atoms. The molecule has 7 heteroatoms. The molecule has 0 atom stereocenters. The molecule has 1 aromatic rings. The van der Waals surface area contributed by atoms with Gasteiger partial charge >= 0.3 is 0 Å². The third kappa shape index (κ3) is 3.44. The van der Waals surface area contributed by atoms with Gasteiger partial charge in [0.2, 0.25) is 5.91 Å². The molecule has 1 aromatic carbocycles. The monoisotopic (exact) mass is 318 g/mol. The number of para-hydroxylation sites is 2. The molecule has 0 aromatic heterocycles. The van der Waals surface area contributed by atoms with E-state index in [0.29, 0.717) is 18.8 Å². The van der Waals surface area contributed by atoms with Gasteiger partial charge in [-0.05, 0) is 18.9 Å². The summed E-state index contributed by atoms with van der Waals surface area (Å²) in [6.07, 6.45) is 1.52. The van der Waals surface area contributed by atoms with Crippen LogP contribution in [0, 0.1) is 16.0 Å². The summed E-state index contributed by atoms with van der Waals surface area (Å²) in [4.78, 5) is 27.3. The number of nitro groups is 1. The first kappa shape index (κ1) is 15.7. The van der Waals surface area contributed by atoms with E-state index in [2.05, 4.69) is 5.32 Å². The maximum atomic E-state index is 12.5. The number of benzene rings is 1. The maximum Gasteiger partial charge on any atom is 0.292 e. The lowest BCUT2D eigenvalue weighted by atomic mass is 9.94. The van der Waals surface area contributed by atoms with E-state index in [0.717, 1.165) is 39.0 Å². The molecule has 3 rings (SSSR count). The largest absolute Gasteiger partial charge is 0.366 e. The molecule has 0 aliphatic carbocycles. The second-order valence-corrected chi connectivity index (χ2v) is 6.08. The molecule has 0 radical (unpaired) electrons. The number of nitrogens with zero attached hydrogens (tertiary/aromatic N) is 3. The van der Waals surface area contributed by atoms with Crippen molar-refractivity contribution >= 4 is 17.3 Å². The van der Waals surface area contributed by atoms with Crippen LogP contribution in [0.25, 0.3) is 0 Å². The molecular formula is C16H22N4O3. The van der Waals surface area contributed by atoms with Crippen LogP contribution in [0.4, 0.5) is 11.4 Å². The van der Waals surface area contributed by atoms with Crippen molar-refractivity contribution in [1.82, 2.24) is 10.2 Å². The molecule has 2 aliphatic rings. The molecule has 0 unspecified atom stereocenters. The lowest BCUT2D eigenvalue weighted by molar-refractivity contribution is -0.384. The van der Waals surface area contributed by atoms with Crippen molar-refractivity contribution < 1.29 is 9.72 Å². The molecule has 0 spiro atoms. The normalized spacial score (nSPS) is 19.7. The Morgan fingerprint density at radius 2 is 1.78 bits per heavy atom. The minimum Gasteiger partial charge on any atom is -0.366 e. The summed E-state index contributed by atoms with van der Waals surface area (Å²) in [5.74, 6) is 0.292. The van der Waals surface area contributed by atoms with Gasteiger partial charge in [0.15, 0.2) is 0 Å². The van der Waals surface area contributed by atoms with Gasteiger partial charge in [-0.2, -0.15) is 0 Å². The van der Waals surface area contributed by atoms with Crippen molar-refractivity contribution in [3.05, 3.63) is 34.4 Å². The van der Waals surface area contributed by atoms with Gasteiger partial charge in [-0.1, -0.05) is 12.1 Å². The Labute approximate surface area is 135 Å². The lowest BCUT2D eigenvalue weighted by Crippen LogP contribution is -2.50. The van der Waals surface area contributed by atoms with Gasteiger partial charge in [-0.3, -0.25) is 14.9 Å². The predicted molar refractivity (Wildman–Crippen MR) is 87.5 cm³/mol. The first-order valence-electron chi connectivity index (χ1n) is 8.14. The van der Waals surface area contributed by atoms with Crippen LogP contribution >= 0.6 is 0 Å². The number of hydrogen-bond acceptors (Lipinski definition) is 5. The molecule has 2 aliphatic heterocycles. The van der Waals surface area contributed by atoms with E-state index >= 15 is 0 Å². The summed E-state index contributed by atoms with van der Waals surface area (Å²) in [6.45, 7) is 4.66. The van der Waals surface area contributed by atoms with E-state index in [-0.39, 0.29) is 22.4 Å². The van der Waals surface area contributed by atoms with E-state index in [1.165, 1.54) is 6.07 Å². The summed E-state index contributed by atoms with van der Waals surface area (Å²) in [5.41, 5.74) is 0.796. The number of anilines is 1. The lowest BCUT2D eigenvalue weighted by Gasteiger charge is -2.36. The van der Waals surface area contributed by atoms with Gasteiger partial charge in [-0.15, -0.1) is 0 Å². The average Bonchev–Trinajstić information content (AvgIpc) is 2.62. The van der Waals surface area contributed by atoms with Crippen LogP contribution in [0.3, 0.4) is 0 Å². The summed E-state index contributed by atoms with van der Waals surface area (Å²) >= 11 is 0. The number of amides is 1. The highest BCUT2D eigenvalue weighted by Crippen LogP contribution is 2.31. The Morgan fingerprint density at radius 1 is 1.13 bits per heavy atom. The quantitative estimate of drug-likeness (QED) is 0.670. The topological polar surface area (TPSA) is 78.7 Å². The maximum absolute atomic E-state index is 12.5. The van der Waals surface area contributed by atoms with E-state index in [1.54, 1.807) is 12.1 Å². The Kier molecular flexibility index (Phi) is 4.76. The fourth-order valence-corrected chi connectivity index (χ4v) is 3.40. The number of hydrogen-bond donors (Lipinski definition) is 1. The Morgan fingerprint density at radius 3 is 2.43 bits per heavy atom. The van der Waals surface area contributed by atoms with E-state index in [1.807, 2.05) is 15.9 Å². The van der Waals surface area contributed by atoms with Crippen molar-refractivity contribution in [2.75, 3.05) is 44.2 Å². The molecule has 0 saturated carbocycles. The van der Waals surface area contributed by atoms with Crippen molar-refractivity contribution in [3.8, 4) is 0 Å². The van der Waals surface area contributed by atoms with Gasteiger partial charge in [0.25, 0.3) is 5.69 Å². The van der Waals surface area contributed by atoms with Gasteiger partial charge in [0, 0.05) is 51.3 Å². The number of carbonyl (C=O) groups excluding carboxylic acids is 1. The number of nitrogens with one attached hydrogen (secondary N) is 1. The number of carbonyl (C=O) groups is 1. The highest BCUT2D eigenvalue weighted by molar-refractivity contribution is 5.79. The first-order chi connectivity index (χ1) is 11.2. The number of nitro benzene ring substituents is 1. The highest BCUT2D eigenvalue weighted by Gasteiger charge is 2.30. The number of piperidine rings is 1. The van der Waals surface area contributed by atoms with Gasteiger partial charge in [0.05, 0.1) is 4.92 Å². The van der Waals surface area contributed by atoms with Crippen molar-refractivity contribution in [2.24, 2.45) is 5.92 Å². The van der Waals surface area contributed by atoms with E-state index < -0.39 is 0 Å². The molecule has 124 valence electrons. The van der Waals surface area contributed by atoms with Crippen molar-refractivity contribution in [1.29, 1.82) is 0 Å². The van der Waals surface area contributed by atoms with Crippen molar-refractivity contribution in [3.63, 3.8) is 0 Å². The highest BCUT2D eigenvalue weighted by atomic mass is 16.6. The van der Waals surface area contributed by atoms with Crippen LogP contribution in [0.15, 0.2) is 24.3 Å². The number of piperazine rings is 1. The van der Waals surface area contributed by atoms with Crippen molar-refractivity contribution in [2.45, 2.75) is 12.8 Å². The fraction of sp³-hybridized carbons (Fsp3) is 0.562. The minimum atomic E-state index is -0.340. The minimum absolute atomic E-state index is 0.0483. The zero-order valence-electron chi connectivity index (χ0n) is 13.1. The van der Waals surface area contributed by atoms with E-state index in [9.17, 15) is 14.9 Å².